The zero-order chi connectivity index (χ0) is 21.7. The van der Waals surface area contributed by atoms with E-state index in [1.54, 1.807) is 7.11 Å². The van der Waals surface area contributed by atoms with Crippen LogP contribution < -0.4 is 0 Å². The van der Waals surface area contributed by atoms with Gasteiger partial charge in [-0.3, -0.25) is 4.79 Å². The summed E-state index contributed by atoms with van der Waals surface area (Å²) in [6.07, 6.45) is 2.15. The van der Waals surface area contributed by atoms with Crippen molar-refractivity contribution in [2.75, 3.05) is 20.3 Å². The first-order valence-corrected chi connectivity index (χ1v) is 10.4. The highest BCUT2D eigenvalue weighted by molar-refractivity contribution is 5.78. The minimum atomic E-state index is -0.492. The number of hydrogen-bond donors (Lipinski definition) is 0. The van der Waals surface area contributed by atoms with E-state index in [0.29, 0.717) is 18.9 Å². The van der Waals surface area contributed by atoms with Crippen molar-refractivity contribution < 1.29 is 14.3 Å². The van der Waals surface area contributed by atoms with Crippen LogP contribution in [-0.4, -0.2) is 47.8 Å². The van der Waals surface area contributed by atoms with Crippen LogP contribution in [0.5, 0.6) is 0 Å². The molecule has 0 heterocycles. The summed E-state index contributed by atoms with van der Waals surface area (Å²) in [6.45, 7) is 24.9. The van der Waals surface area contributed by atoms with Gasteiger partial charge in [0.25, 0.3) is 0 Å². The number of ether oxygens (including phenoxy) is 2. The summed E-state index contributed by atoms with van der Waals surface area (Å²) in [5.41, 5.74) is -0.725. The lowest BCUT2D eigenvalue weighted by Crippen LogP contribution is -2.52. The molecular formula is C23H47NO3. The third-order valence-corrected chi connectivity index (χ3v) is 4.87. The third kappa shape index (κ3) is 11.1. The Morgan fingerprint density at radius 2 is 1.44 bits per heavy atom. The first-order chi connectivity index (χ1) is 11.9. The van der Waals surface area contributed by atoms with Crippen molar-refractivity contribution in [3.63, 3.8) is 0 Å². The van der Waals surface area contributed by atoms with Gasteiger partial charge < -0.3 is 14.4 Å². The zero-order valence-electron chi connectivity index (χ0n) is 20.3. The average molecular weight is 386 g/mol. The van der Waals surface area contributed by atoms with Gasteiger partial charge in [0.15, 0.2) is 0 Å². The van der Waals surface area contributed by atoms with Crippen LogP contribution in [0.2, 0.25) is 0 Å². The van der Waals surface area contributed by atoms with E-state index >= 15 is 0 Å². The molecule has 0 atom stereocenters. The second-order valence-electron chi connectivity index (χ2n) is 11.4. The summed E-state index contributed by atoms with van der Waals surface area (Å²) in [5.74, 6) is 0.605. The van der Waals surface area contributed by atoms with Gasteiger partial charge in [-0.2, -0.15) is 0 Å². The summed E-state index contributed by atoms with van der Waals surface area (Å²) in [5, 5.41) is 0. The van der Waals surface area contributed by atoms with Crippen molar-refractivity contribution in [3.05, 3.63) is 0 Å². The van der Waals surface area contributed by atoms with E-state index in [-0.39, 0.29) is 22.5 Å². The fourth-order valence-electron chi connectivity index (χ4n) is 3.63. The van der Waals surface area contributed by atoms with Crippen LogP contribution in [0.25, 0.3) is 0 Å². The van der Waals surface area contributed by atoms with Crippen molar-refractivity contribution in [2.45, 2.75) is 112 Å². The second-order valence-corrected chi connectivity index (χ2v) is 11.4. The minimum absolute atomic E-state index is 0.163. The van der Waals surface area contributed by atoms with Gasteiger partial charge in [-0.15, -0.1) is 0 Å². The minimum Gasteiger partial charge on any atom is -0.379 e. The number of nitrogens with zero attached hydrogens (tertiary/aromatic N) is 1. The van der Waals surface area contributed by atoms with Gasteiger partial charge in [0.05, 0.1) is 24.2 Å². The molecule has 0 aromatic carbocycles. The third-order valence-electron chi connectivity index (χ3n) is 4.87. The highest BCUT2D eigenvalue weighted by atomic mass is 16.5. The lowest BCUT2D eigenvalue weighted by atomic mass is 9.80. The maximum atomic E-state index is 13.3. The molecule has 0 saturated heterocycles. The van der Waals surface area contributed by atoms with E-state index in [2.05, 4.69) is 53.4 Å². The summed E-state index contributed by atoms with van der Waals surface area (Å²) < 4.78 is 11.5. The molecule has 162 valence electrons. The van der Waals surface area contributed by atoms with Crippen LogP contribution in [0.4, 0.5) is 0 Å². The number of hydrogen-bond acceptors (Lipinski definition) is 3. The lowest BCUT2D eigenvalue weighted by molar-refractivity contribution is -0.145. The van der Waals surface area contributed by atoms with Gasteiger partial charge in [0.2, 0.25) is 5.91 Å². The average Bonchev–Trinajstić information content (AvgIpc) is 2.40. The molecule has 4 heteroatoms. The number of rotatable bonds is 11. The molecule has 0 fully saturated rings. The van der Waals surface area contributed by atoms with E-state index in [9.17, 15) is 4.79 Å². The molecule has 0 aromatic heterocycles. The van der Waals surface area contributed by atoms with Crippen LogP contribution in [0, 0.1) is 11.3 Å². The summed E-state index contributed by atoms with van der Waals surface area (Å²) in [7, 11) is 1.72. The molecule has 0 aliphatic heterocycles. The van der Waals surface area contributed by atoms with Gasteiger partial charge in [-0.25, -0.2) is 0 Å². The molecule has 0 aliphatic carbocycles. The first-order valence-electron chi connectivity index (χ1n) is 10.4. The standard InChI is InChI=1S/C23H47NO3/c1-18(2)16-24(21(6,7)17-20(3,4)5)19(25)15-23(10,11)27-14-13-22(8,9)26-12/h18H,13-17H2,1-12H3. The van der Waals surface area contributed by atoms with Crippen molar-refractivity contribution in [1.29, 1.82) is 0 Å². The monoisotopic (exact) mass is 385 g/mol. The molecule has 0 radical (unpaired) electrons. The fraction of sp³-hybridized carbons (Fsp3) is 0.957. The summed E-state index contributed by atoms with van der Waals surface area (Å²) >= 11 is 0. The number of carbonyl (C=O) groups excluding carboxylic acids is 1. The molecule has 0 aliphatic rings. The highest BCUT2D eigenvalue weighted by Crippen LogP contribution is 2.33. The van der Waals surface area contributed by atoms with Crippen molar-refractivity contribution >= 4 is 5.91 Å². The Balaban J connectivity index is 5.12. The van der Waals surface area contributed by atoms with Gasteiger partial charge in [0.1, 0.15) is 0 Å². The Kier molecular flexibility index (Phi) is 9.51. The Morgan fingerprint density at radius 3 is 1.85 bits per heavy atom. The Morgan fingerprint density at radius 1 is 0.926 bits per heavy atom. The molecular weight excluding hydrogens is 338 g/mol. The van der Waals surface area contributed by atoms with Gasteiger partial charge in [0, 0.05) is 19.2 Å². The molecule has 4 nitrogen and oxygen atoms in total. The van der Waals surface area contributed by atoms with Crippen LogP contribution >= 0.6 is 0 Å². The summed E-state index contributed by atoms with van der Waals surface area (Å²) in [6, 6.07) is 0. The lowest BCUT2D eigenvalue weighted by Gasteiger charge is -2.44. The van der Waals surface area contributed by atoms with Crippen molar-refractivity contribution in [1.82, 2.24) is 4.90 Å². The Hall–Kier alpha value is -0.610. The van der Waals surface area contributed by atoms with Gasteiger partial charge in [-0.1, -0.05) is 34.6 Å². The van der Waals surface area contributed by atoms with Gasteiger partial charge >= 0.3 is 0 Å². The van der Waals surface area contributed by atoms with Gasteiger partial charge in [-0.05, 0) is 65.7 Å². The van der Waals surface area contributed by atoms with E-state index in [1.807, 2.05) is 27.7 Å². The topological polar surface area (TPSA) is 38.8 Å². The predicted octanol–water partition coefficient (Wildman–Crippen LogP) is 5.69. The molecule has 0 spiro atoms. The smallest absolute Gasteiger partial charge is 0.225 e. The van der Waals surface area contributed by atoms with Crippen LogP contribution in [0.3, 0.4) is 0 Å². The van der Waals surface area contributed by atoms with E-state index < -0.39 is 5.60 Å². The number of carbonyl (C=O) groups is 1. The maximum Gasteiger partial charge on any atom is 0.225 e. The van der Waals surface area contributed by atoms with E-state index in [4.69, 9.17) is 9.47 Å². The molecule has 0 aromatic rings. The van der Waals surface area contributed by atoms with Crippen LogP contribution in [0.15, 0.2) is 0 Å². The predicted molar refractivity (Wildman–Crippen MR) is 115 cm³/mol. The van der Waals surface area contributed by atoms with E-state index in [1.165, 1.54) is 0 Å². The highest BCUT2D eigenvalue weighted by Gasteiger charge is 2.37. The fourth-order valence-corrected chi connectivity index (χ4v) is 3.63. The number of amides is 1. The molecule has 1 amide bonds. The van der Waals surface area contributed by atoms with Crippen LogP contribution in [-0.2, 0) is 14.3 Å². The number of methoxy groups -OCH3 is 1. The molecule has 27 heavy (non-hydrogen) atoms. The second kappa shape index (κ2) is 9.73. The molecule has 0 saturated carbocycles. The SMILES string of the molecule is COC(C)(C)CCOC(C)(C)CC(=O)N(CC(C)C)C(C)(C)CC(C)(C)C. The van der Waals surface area contributed by atoms with Crippen molar-refractivity contribution in [3.8, 4) is 0 Å². The first kappa shape index (κ1) is 26.4. The zero-order valence-corrected chi connectivity index (χ0v) is 20.3. The Bertz CT molecular complexity index is 459. The molecule has 0 unspecified atom stereocenters. The largest absolute Gasteiger partial charge is 0.379 e. The van der Waals surface area contributed by atoms with Crippen LogP contribution in [0.1, 0.15) is 95.4 Å². The Labute approximate surface area is 169 Å². The maximum absolute atomic E-state index is 13.3. The molecule has 0 bridgehead atoms. The quantitative estimate of drug-likeness (QED) is 0.459. The molecule has 0 rings (SSSR count). The molecule has 0 N–H and O–H groups in total. The van der Waals surface area contributed by atoms with Crippen molar-refractivity contribution in [2.24, 2.45) is 11.3 Å². The van der Waals surface area contributed by atoms with E-state index in [0.717, 1.165) is 19.4 Å². The normalized spacial score (nSPS) is 14.0. The summed E-state index contributed by atoms with van der Waals surface area (Å²) in [4.78, 5) is 15.3.